The molecule has 0 aliphatic rings. The van der Waals surface area contributed by atoms with Crippen LogP contribution in [0.15, 0.2) is 30.6 Å². The Hall–Kier alpha value is -2.18. The zero-order chi connectivity index (χ0) is 14.0. The first-order valence-corrected chi connectivity index (χ1v) is 5.15. The monoisotopic (exact) mass is 272 g/mol. The molecule has 0 atom stereocenters. The second-order valence-corrected chi connectivity index (χ2v) is 3.61. The first-order chi connectivity index (χ1) is 8.93. The fourth-order valence-electron chi connectivity index (χ4n) is 1.57. The van der Waals surface area contributed by atoms with Gasteiger partial charge in [0.2, 0.25) is 5.88 Å². The molecule has 0 bridgehead atoms. The van der Waals surface area contributed by atoms with Gasteiger partial charge in [-0.2, -0.15) is 13.2 Å². The number of nitrogens with zero attached hydrogens (tertiary/aromatic N) is 2. The largest absolute Gasteiger partial charge is 0.480 e. The van der Waals surface area contributed by atoms with Crippen molar-refractivity contribution in [2.24, 2.45) is 0 Å². The highest BCUT2D eigenvalue weighted by Gasteiger charge is 2.39. The summed E-state index contributed by atoms with van der Waals surface area (Å²) in [6.45, 7) is 0. The van der Waals surface area contributed by atoms with Gasteiger partial charge in [0.25, 0.3) is 0 Å². The molecule has 2 heterocycles. The minimum Gasteiger partial charge on any atom is -0.480 e. The van der Waals surface area contributed by atoms with Gasteiger partial charge in [0, 0.05) is 24.0 Å². The lowest BCUT2D eigenvalue weighted by Crippen LogP contribution is -2.12. The molecule has 2 aromatic heterocycles. The molecule has 100 valence electrons. The van der Waals surface area contributed by atoms with E-state index in [0.29, 0.717) is 5.56 Å². The van der Waals surface area contributed by atoms with Gasteiger partial charge >= 0.3 is 6.18 Å². The molecule has 0 radical (unpaired) electrons. The quantitative estimate of drug-likeness (QED) is 0.787. The Morgan fingerprint density at radius 3 is 2.32 bits per heavy atom. The van der Waals surface area contributed by atoms with Crippen molar-refractivity contribution in [2.75, 3.05) is 7.11 Å². The topological polar surface area (TPSA) is 35.0 Å². The molecule has 3 nitrogen and oxygen atoms in total. The van der Waals surface area contributed by atoms with Gasteiger partial charge in [-0.25, -0.2) is 9.37 Å². The maximum atomic E-state index is 13.6. The van der Waals surface area contributed by atoms with E-state index in [-0.39, 0.29) is 5.69 Å². The van der Waals surface area contributed by atoms with Crippen LogP contribution in [-0.4, -0.2) is 17.1 Å². The van der Waals surface area contributed by atoms with Crippen molar-refractivity contribution in [3.8, 4) is 17.1 Å². The molecule has 0 unspecified atom stereocenters. The van der Waals surface area contributed by atoms with Crippen LogP contribution in [0.2, 0.25) is 0 Å². The fourth-order valence-corrected chi connectivity index (χ4v) is 1.57. The molecular formula is C12H8F4N2O. The third-order valence-electron chi connectivity index (χ3n) is 2.39. The van der Waals surface area contributed by atoms with E-state index < -0.39 is 23.4 Å². The second-order valence-electron chi connectivity index (χ2n) is 3.61. The van der Waals surface area contributed by atoms with Crippen LogP contribution in [0, 0.1) is 5.82 Å². The molecular weight excluding hydrogens is 264 g/mol. The lowest BCUT2D eigenvalue weighted by molar-refractivity contribution is -0.141. The number of pyridine rings is 2. The Labute approximate surface area is 105 Å². The summed E-state index contributed by atoms with van der Waals surface area (Å²) >= 11 is 0. The molecule has 0 spiro atoms. The molecule has 0 fully saturated rings. The number of methoxy groups -OCH3 is 1. The standard InChI is InChI=1S/C12H8F4N2O/c1-19-11-10(12(14,15)16)8(13)6-9(18-11)7-2-4-17-5-3-7/h2-6H,1H3. The minimum absolute atomic E-state index is 0.0461. The van der Waals surface area contributed by atoms with E-state index in [1.54, 1.807) is 0 Å². The average molecular weight is 272 g/mol. The summed E-state index contributed by atoms with van der Waals surface area (Å²) in [5.74, 6) is -2.22. The van der Waals surface area contributed by atoms with Gasteiger partial charge in [-0.05, 0) is 12.1 Å². The van der Waals surface area contributed by atoms with E-state index >= 15 is 0 Å². The Morgan fingerprint density at radius 1 is 1.16 bits per heavy atom. The smallest absolute Gasteiger partial charge is 0.424 e. The number of alkyl halides is 3. The SMILES string of the molecule is COc1nc(-c2ccncc2)cc(F)c1C(F)(F)F. The van der Waals surface area contributed by atoms with Crippen molar-refractivity contribution in [1.82, 2.24) is 9.97 Å². The minimum atomic E-state index is -4.86. The second kappa shape index (κ2) is 4.83. The van der Waals surface area contributed by atoms with E-state index in [4.69, 9.17) is 0 Å². The molecule has 0 aliphatic carbocycles. The zero-order valence-electron chi connectivity index (χ0n) is 9.70. The third-order valence-corrected chi connectivity index (χ3v) is 2.39. The van der Waals surface area contributed by atoms with E-state index in [1.165, 1.54) is 24.5 Å². The lowest BCUT2D eigenvalue weighted by atomic mass is 10.1. The molecule has 0 saturated heterocycles. The summed E-state index contributed by atoms with van der Waals surface area (Å²) in [5.41, 5.74) is -1.02. The number of rotatable bonds is 2. The molecule has 0 aromatic carbocycles. The lowest BCUT2D eigenvalue weighted by Gasteiger charge is -2.13. The summed E-state index contributed by atoms with van der Waals surface area (Å²) in [7, 11) is 1.01. The Kier molecular flexibility index (Phi) is 3.37. The molecule has 2 aromatic rings. The Balaban J connectivity index is 2.61. The summed E-state index contributed by atoms with van der Waals surface area (Å²) < 4.78 is 56.1. The Bertz CT molecular complexity index is 584. The first kappa shape index (κ1) is 13.3. The average Bonchev–Trinajstić information content (AvgIpc) is 2.37. The molecule has 0 saturated carbocycles. The van der Waals surface area contributed by atoms with E-state index in [1.807, 2.05) is 0 Å². The van der Waals surface area contributed by atoms with Gasteiger partial charge < -0.3 is 4.74 Å². The highest BCUT2D eigenvalue weighted by molar-refractivity contribution is 5.60. The first-order valence-electron chi connectivity index (χ1n) is 5.15. The van der Waals surface area contributed by atoms with Crippen LogP contribution in [0.5, 0.6) is 5.88 Å². The van der Waals surface area contributed by atoms with Crippen LogP contribution in [0.25, 0.3) is 11.3 Å². The predicted octanol–water partition coefficient (Wildman–Crippen LogP) is 3.31. The van der Waals surface area contributed by atoms with Gasteiger partial charge in [-0.1, -0.05) is 0 Å². The van der Waals surface area contributed by atoms with Crippen LogP contribution < -0.4 is 4.74 Å². The number of ether oxygens (including phenoxy) is 1. The predicted molar refractivity (Wildman–Crippen MR) is 59.0 cm³/mol. The van der Waals surface area contributed by atoms with E-state index in [2.05, 4.69) is 14.7 Å². The summed E-state index contributed by atoms with van der Waals surface area (Å²) in [5, 5.41) is 0. The van der Waals surface area contributed by atoms with Gasteiger partial charge in [0.1, 0.15) is 5.82 Å². The normalized spacial score (nSPS) is 11.4. The molecule has 19 heavy (non-hydrogen) atoms. The Morgan fingerprint density at radius 2 is 1.79 bits per heavy atom. The van der Waals surface area contributed by atoms with Crippen molar-refractivity contribution in [3.05, 3.63) is 42.0 Å². The zero-order valence-corrected chi connectivity index (χ0v) is 9.70. The van der Waals surface area contributed by atoms with Crippen LogP contribution in [-0.2, 0) is 6.18 Å². The summed E-state index contributed by atoms with van der Waals surface area (Å²) in [6.07, 6.45) is -2.00. The maximum Gasteiger partial charge on any atom is 0.424 e. The van der Waals surface area contributed by atoms with Gasteiger partial charge in [0.15, 0.2) is 5.56 Å². The van der Waals surface area contributed by atoms with Crippen LogP contribution >= 0.6 is 0 Å². The number of hydrogen-bond acceptors (Lipinski definition) is 3. The number of hydrogen-bond donors (Lipinski definition) is 0. The van der Waals surface area contributed by atoms with Gasteiger partial charge in [0.05, 0.1) is 12.8 Å². The summed E-state index contributed by atoms with van der Waals surface area (Å²) in [6, 6.07) is 3.74. The van der Waals surface area contributed by atoms with Crippen molar-refractivity contribution in [1.29, 1.82) is 0 Å². The van der Waals surface area contributed by atoms with Gasteiger partial charge in [-0.15, -0.1) is 0 Å². The van der Waals surface area contributed by atoms with Crippen molar-refractivity contribution in [3.63, 3.8) is 0 Å². The highest BCUT2D eigenvalue weighted by atomic mass is 19.4. The number of halogens is 4. The van der Waals surface area contributed by atoms with Crippen molar-refractivity contribution in [2.45, 2.75) is 6.18 Å². The van der Waals surface area contributed by atoms with E-state index in [0.717, 1.165) is 13.2 Å². The van der Waals surface area contributed by atoms with Gasteiger partial charge in [-0.3, -0.25) is 4.98 Å². The molecule has 0 amide bonds. The summed E-state index contributed by atoms with van der Waals surface area (Å²) in [4.78, 5) is 7.44. The highest BCUT2D eigenvalue weighted by Crippen LogP contribution is 2.38. The van der Waals surface area contributed by atoms with Crippen LogP contribution in [0.3, 0.4) is 0 Å². The van der Waals surface area contributed by atoms with Crippen LogP contribution in [0.1, 0.15) is 5.56 Å². The van der Waals surface area contributed by atoms with Crippen molar-refractivity contribution >= 4 is 0 Å². The molecule has 0 N–H and O–H groups in total. The molecule has 0 aliphatic heterocycles. The maximum absolute atomic E-state index is 13.6. The van der Waals surface area contributed by atoms with E-state index in [9.17, 15) is 17.6 Å². The third kappa shape index (κ3) is 2.64. The number of aromatic nitrogens is 2. The molecule has 7 heteroatoms. The molecule has 2 rings (SSSR count). The van der Waals surface area contributed by atoms with Crippen LogP contribution in [0.4, 0.5) is 17.6 Å². The van der Waals surface area contributed by atoms with Crippen molar-refractivity contribution < 1.29 is 22.3 Å². The fraction of sp³-hybridized carbons (Fsp3) is 0.167.